The molecule has 0 aliphatic carbocycles. The van der Waals surface area contributed by atoms with Crippen LogP contribution in [-0.2, 0) is 6.42 Å². The summed E-state index contributed by atoms with van der Waals surface area (Å²) in [6, 6.07) is 17.8. The summed E-state index contributed by atoms with van der Waals surface area (Å²) in [6.07, 6.45) is 4.61. The smallest absolute Gasteiger partial charge is 0.255 e. The first kappa shape index (κ1) is 18.3. The first-order chi connectivity index (χ1) is 13.8. The number of aromatic amines is 1. The molecule has 5 nitrogen and oxygen atoms in total. The third-order valence-electron chi connectivity index (χ3n) is 5.33. The normalized spacial score (nSPS) is 14.1. The zero-order chi connectivity index (χ0) is 19.3. The topological polar surface area (TPSA) is 61.0 Å². The van der Waals surface area contributed by atoms with E-state index in [-0.39, 0.29) is 5.91 Å². The number of aromatic nitrogens is 2. The second-order valence-corrected chi connectivity index (χ2v) is 7.19. The number of aryl methyl sites for hydroxylation is 1. The monoisotopic (exact) mass is 374 g/mol. The molecule has 0 radical (unpaired) electrons. The zero-order valence-corrected chi connectivity index (χ0v) is 16.2. The van der Waals surface area contributed by atoms with Gasteiger partial charge in [-0.05, 0) is 49.9 Å². The lowest BCUT2D eigenvalue weighted by molar-refractivity contribution is 0.102. The fraction of sp³-hybridized carbons (Fsp3) is 0.304. The van der Waals surface area contributed by atoms with Crippen molar-refractivity contribution in [1.82, 2.24) is 10.2 Å². The number of benzene rings is 2. The van der Waals surface area contributed by atoms with E-state index in [1.807, 2.05) is 30.3 Å². The highest BCUT2D eigenvalue weighted by atomic mass is 16.1. The molecular formula is C23H26N4O. The molecule has 2 N–H and O–H groups in total. The van der Waals surface area contributed by atoms with Gasteiger partial charge in [0.2, 0.25) is 0 Å². The summed E-state index contributed by atoms with van der Waals surface area (Å²) in [7, 11) is 0. The number of piperidine rings is 1. The highest BCUT2D eigenvalue weighted by Crippen LogP contribution is 2.31. The number of rotatable bonds is 5. The summed E-state index contributed by atoms with van der Waals surface area (Å²) < 4.78 is 0. The van der Waals surface area contributed by atoms with Gasteiger partial charge in [-0.2, -0.15) is 5.10 Å². The van der Waals surface area contributed by atoms with Crippen LogP contribution in [0.5, 0.6) is 0 Å². The van der Waals surface area contributed by atoms with Gasteiger partial charge in [0.05, 0.1) is 11.4 Å². The Balaban J connectivity index is 1.59. The Hall–Kier alpha value is -3.08. The van der Waals surface area contributed by atoms with E-state index in [9.17, 15) is 4.79 Å². The van der Waals surface area contributed by atoms with Crippen molar-refractivity contribution in [3.05, 3.63) is 65.9 Å². The summed E-state index contributed by atoms with van der Waals surface area (Å²) in [4.78, 5) is 15.1. The fourth-order valence-corrected chi connectivity index (χ4v) is 3.73. The number of nitrogens with one attached hydrogen (secondary N) is 2. The van der Waals surface area contributed by atoms with Crippen LogP contribution in [-0.4, -0.2) is 29.2 Å². The van der Waals surface area contributed by atoms with E-state index in [0.29, 0.717) is 5.56 Å². The largest absolute Gasteiger partial charge is 0.372 e. The molecule has 1 aliphatic heterocycles. The Morgan fingerprint density at radius 3 is 2.43 bits per heavy atom. The molecule has 0 atom stereocenters. The van der Waals surface area contributed by atoms with Crippen LogP contribution in [0.2, 0.25) is 0 Å². The maximum atomic E-state index is 12.7. The predicted molar refractivity (Wildman–Crippen MR) is 114 cm³/mol. The average molecular weight is 374 g/mol. The van der Waals surface area contributed by atoms with Crippen LogP contribution in [0.4, 0.5) is 11.4 Å². The van der Waals surface area contributed by atoms with Gasteiger partial charge in [0.1, 0.15) is 5.69 Å². The molecule has 1 saturated heterocycles. The van der Waals surface area contributed by atoms with Gasteiger partial charge in [0, 0.05) is 29.9 Å². The van der Waals surface area contributed by atoms with Crippen molar-refractivity contribution in [3.63, 3.8) is 0 Å². The molecule has 2 aromatic carbocycles. The molecule has 3 aromatic rings. The highest BCUT2D eigenvalue weighted by Gasteiger charge is 2.18. The van der Waals surface area contributed by atoms with Crippen molar-refractivity contribution in [3.8, 4) is 11.3 Å². The maximum absolute atomic E-state index is 12.7. The zero-order valence-electron chi connectivity index (χ0n) is 16.2. The summed E-state index contributed by atoms with van der Waals surface area (Å²) >= 11 is 0. The molecule has 1 fully saturated rings. The van der Waals surface area contributed by atoms with Crippen LogP contribution >= 0.6 is 0 Å². The summed E-state index contributed by atoms with van der Waals surface area (Å²) in [5.41, 5.74) is 5.37. The minimum absolute atomic E-state index is 0.122. The molecule has 5 heteroatoms. The Morgan fingerprint density at radius 2 is 1.75 bits per heavy atom. The first-order valence-corrected chi connectivity index (χ1v) is 10.1. The van der Waals surface area contributed by atoms with Gasteiger partial charge in [-0.25, -0.2) is 0 Å². The number of H-pyrrole nitrogens is 1. The number of anilines is 2. The Labute approximate surface area is 165 Å². The van der Waals surface area contributed by atoms with E-state index in [4.69, 9.17) is 0 Å². The van der Waals surface area contributed by atoms with Crippen LogP contribution in [0.1, 0.15) is 42.2 Å². The number of carbonyl (C=O) groups excluding carboxylic acids is 1. The minimum atomic E-state index is -0.122. The first-order valence-electron chi connectivity index (χ1n) is 10.1. The number of carbonyl (C=O) groups is 1. The van der Waals surface area contributed by atoms with Gasteiger partial charge in [-0.1, -0.05) is 37.3 Å². The second kappa shape index (κ2) is 8.30. The van der Waals surface area contributed by atoms with Crippen molar-refractivity contribution in [2.75, 3.05) is 23.3 Å². The lowest BCUT2D eigenvalue weighted by Crippen LogP contribution is -2.29. The molecule has 0 unspecified atom stereocenters. The van der Waals surface area contributed by atoms with Crippen LogP contribution in [0.25, 0.3) is 11.3 Å². The van der Waals surface area contributed by atoms with E-state index in [0.717, 1.165) is 42.1 Å². The standard InChI is InChI=1S/C23H26N4O/c1-2-20-22(24-23(28)18-9-5-3-6-10-18)21(26-25-20)17-11-13-19(14-12-17)27-15-7-4-8-16-27/h3,5-6,9-14H,2,4,7-8,15-16H2,1H3,(H,24,28)(H,25,26). The van der Waals surface area contributed by atoms with Crippen LogP contribution < -0.4 is 10.2 Å². The SMILES string of the molecule is CCc1[nH]nc(-c2ccc(N3CCCCC3)cc2)c1NC(=O)c1ccccc1. The van der Waals surface area contributed by atoms with E-state index >= 15 is 0 Å². The Bertz CT molecular complexity index is 925. The summed E-state index contributed by atoms with van der Waals surface area (Å²) in [5, 5.41) is 10.6. The van der Waals surface area contributed by atoms with Crippen molar-refractivity contribution >= 4 is 17.3 Å². The number of hydrogen-bond acceptors (Lipinski definition) is 3. The van der Waals surface area contributed by atoms with E-state index in [2.05, 4.69) is 51.6 Å². The van der Waals surface area contributed by atoms with Crippen LogP contribution in [0.3, 0.4) is 0 Å². The molecule has 28 heavy (non-hydrogen) atoms. The van der Waals surface area contributed by atoms with Crippen molar-refractivity contribution in [2.45, 2.75) is 32.6 Å². The molecule has 1 amide bonds. The van der Waals surface area contributed by atoms with Gasteiger partial charge in [0.15, 0.2) is 0 Å². The van der Waals surface area contributed by atoms with E-state index < -0.39 is 0 Å². The molecule has 144 valence electrons. The number of nitrogens with zero attached hydrogens (tertiary/aromatic N) is 2. The number of amides is 1. The molecule has 1 aromatic heterocycles. The summed E-state index contributed by atoms with van der Waals surface area (Å²) in [5.74, 6) is -0.122. The van der Waals surface area contributed by atoms with Crippen LogP contribution in [0.15, 0.2) is 54.6 Å². The molecular weight excluding hydrogens is 348 g/mol. The third kappa shape index (κ3) is 3.79. The van der Waals surface area contributed by atoms with Gasteiger partial charge in [-0.3, -0.25) is 9.89 Å². The lowest BCUT2D eigenvalue weighted by atomic mass is 10.1. The fourth-order valence-electron chi connectivity index (χ4n) is 3.73. The molecule has 0 saturated carbocycles. The van der Waals surface area contributed by atoms with Crippen molar-refractivity contribution in [1.29, 1.82) is 0 Å². The van der Waals surface area contributed by atoms with Gasteiger partial charge < -0.3 is 10.2 Å². The molecule has 2 heterocycles. The van der Waals surface area contributed by atoms with Gasteiger partial charge >= 0.3 is 0 Å². The van der Waals surface area contributed by atoms with E-state index in [1.54, 1.807) is 0 Å². The van der Waals surface area contributed by atoms with Gasteiger partial charge in [-0.15, -0.1) is 0 Å². The lowest BCUT2D eigenvalue weighted by Gasteiger charge is -2.28. The predicted octanol–water partition coefficient (Wildman–Crippen LogP) is 4.88. The highest BCUT2D eigenvalue weighted by molar-refractivity contribution is 6.06. The van der Waals surface area contributed by atoms with E-state index in [1.165, 1.54) is 24.9 Å². The average Bonchev–Trinajstić information content (AvgIpc) is 3.17. The quantitative estimate of drug-likeness (QED) is 0.669. The summed E-state index contributed by atoms with van der Waals surface area (Å²) in [6.45, 7) is 4.30. The molecule has 0 bridgehead atoms. The van der Waals surface area contributed by atoms with Crippen molar-refractivity contribution in [2.24, 2.45) is 0 Å². The molecule has 0 spiro atoms. The van der Waals surface area contributed by atoms with Gasteiger partial charge in [0.25, 0.3) is 5.91 Å². The molecule has 4 rings (SSSR count). The van der Waals surface area contributed by atoms with Crippen LogP contribution in [0, 0.1) is 0 Å². The number of hydrogen-bond donors (Lipinski definition) is 2. The second-order valence-electron chi connectivity index (χ2n) is 7.19. The minimum Gasteiger partial charge on any atom is -0.372 e. The maximum Gasteiger partial charge on any atom is 0.255 e. The Morgan fingerprint density at radius 1 is 1.04 bits per heavy atom. The van der Waals surface area contributed by atoms with Crippen molar-refractivity contribution < 1.29 is 4.79 Å². The molecule has 1 aliphatic rings. The third-order valence-corrected chi connectivity index (χ3v) is 5.33. The Kier molecular flexibility index (Phi) is 5.42.